The van der Waals surface area contributed by atoms with Crippen LogP contribution < -0.4 is 10.1 Å². The molecule has 0 aliphatic heterocycles. The molecule has 2 aromatic carbocycles. The molecule has 0 saturated carbocycles. The molecule has 0 bridgehead atoms. The van der Waals surface area contributed by atoms with Crippen molar-refractivity contribution >= 4 is 22.7 Å². The van der Waals surface area contributed by atoms with Gasteiger partial charge in [0.2, 0.25) is 0 Å². The minimum atomic E-state index is -0.660. The Hall–Kier alpha value is -3.16. The van der Waals surface area contributed by atoms with Crippen LogP contribution in [0.15, 0.2) is 42.5 Å². The lowest BCUT2D eigenvalue weighted by Gasteiger charge is -2.09. The zero-order valence-electron chi connectivity index (χ0n) is 15.9. The maximum Gasteiger partial charge on any atom is 0.299 e. The van der Waals surface area contributed by atoms with Gasteiger partial charge in [-0.2, -0.15) is 0 Å². The van der Waals surface area contributed by atoms with Gasteiger partial charge in [0, 0.05) is 11.8 Å². The molecule has 8 nitrogen and oxygen atoms in total. The molecule has 1 N–H and O–H groups in total. The van der Waals surface area contributed by atoms with E-state index in [0.29, 0.717) is 12.3 Å². The van der Waals surface area contributed by atoms with E-state index in [9.17, 15) is 20.2 Å². The highest BCUT2D eigenvalue weighted by Crippen LogP contribution is 2.31. The van der Waals surface area contributed by atoms with Crippen LogP contribution >= 0.6 is 0 Å². The molecule has 0 fully saturated rings. The molecule has 0 aliphatic carbocycles. The van der Waals surface area contributed by atoms with Crippen LogP contribution in [0.3, 0.4) is 0 Å². The number of nitrogens with one attached hydrogen (secondary N) is 1. The minimum absolute atomic E-state index is 0.191. The molecule has 150 valence electrons. The van der Waals surface area contributed by atoms with Crippen LogP contribution in [0.2, 0.25) is 0 Å². The highest BCUT2D eigenvalue weighted by molar-refractivity contribution is 5.71. The second-order valence-electron chi connectivity index (χ2n) is 6.48. The van der Waals surface area contributed by atoms with Gasteiger partial charge in [-0.1, -0.05) is 39.0 Å². The molecule has 8 heteroatoms. The molecule has 0 unspecified atom stereocenters. The largest absolute Gasteiger partial charge is 0.494 e. The molecule has 0 aliphatic rings. The van der Waals surface area contributed by atoms with Crippen molar-refractivity contribution in [3.05, 3.63) is 62.7 Å². The molecule has 28 heavy (non-hydrogen) atoms. The van der Waals surface area contributed by atoms with Crippen LogP contribution in [0.4, 0.5) is 22.7 Å². The third-order valence-corrected chi connectivity index (χ3v) is 4.29. The lowest BCUT2D eigenvalue weighted by molar-refractivity contribution is -0.393. The fourth-order valence-electron chi connectivity index (χ4n) is 2.75. The van der Waals surface area contributed by atoms with Crippen molar-refractivity contribution in [2.75, 3.05) is 11.9 Å². The van der Waals surface area contributed by atoms with E-state index in [1.807, 2.05) is 0 Å². The predicted octanol–water partition coefficient (Wildman–Crippen LogP) is 5.99. The number of anilines is 2. The van der Waals surface area contributed by atoms with Crippen molar-refractivity contribution in [2.45, 2.75) is 45.4 Å². The van der Waals surface area contributed by atoms with Crippen LogP contribution in [0.1, 0.15) is 45.4 Å². The van der Waals surface area contributed by atoms with Gasteiger partial charge in [0.05, 0.1) is 22.5 Å². The first-order valence-corrected chi connectivity index (χ1v) is 9.44. The molecular formula is C20H25N3O5. The van der Waals surface area contributed by atoms with Gasteiger partial charge in [0.15, 0.2) is 0 Å². The van der Waals surface area contributed by atoms with Crippen molar-refractivity contribution in [2.24, 2.45) is 0 Å². The predicted molar refractivity (Wildman–Crippen MR) is 108 cm³/mol. The number of nitro benzene ring substituents is 2. The Kier molecular flexibility index (Phi) is 8.20. The summed E-state index contributed by atoms with van der Waals surface area (Å²) in [6.07, 6.45) is 7.18. The smallest absolute Gasteiger partial charge is 0.299 e. The molecule has 0 spiro atoms. The molecule has 2 aromatic rings. The number of benzene rings is 2. The summed E-state index contributed by atoms with van der Waals surface area (Å²) in [5.41, 5.74) is 0.147. The Labute approximate surface area is 163 Å². The fraction of sp³-hybridized carbons (Fsp3) is 0.400. The number of nitrogens with zero attached hydrogens (tertiary/aromatic N) is 2. The van der Waals surface area contributed by atoms with Crippen molar-refractivity contribution in [3.63, 3.8) is 0 Å². The van der Waals surface area contributed by atoms with Crippen LogP contribution in [0, 0.1) is 20.2 Å². The molecule has 0 amide bonds. The Morgan fingerprint density at radius 3 is 2.21 bits per heavy atom. The first-order valence-electron chi connectivity index (χ1n) is 9.44. The van der Waals surface area contributed by atoms with Gasteiger partial charge in [-0.15, -0.1) is 0 Å². The molecule has 0 radical (unpaired) electrons. The minimum Gasteiger partial charge on any atom is -0.494 e. The third kappa shape index (κ3) is 6.53. The Bertz CT molecular complexity index is 793. The molecule has 2 rings (SSSR count). The van der Waals surface area contributed by atoms with E-state index in [0.717, 1.165) is 24.7 Å². The first kappa shape index (κ1) is 21.1. The summed E-state index contributed by atoms with van der Waals surface area (Å²) in [5.74, 6) is 0.734. The van der Waals surface area contributed by atoms with Crippen LogP contribution in [-0.4, -0.2) is 16.5 Å². The van der Waals surface area contributed by atoms with E-state index in [4.69, 9.17) is 4.74 Å². The lowest BCUT2D eigenvalue weighted by Crippen LogP contribution is -1.99. The summed E-state index contributed by atoms with van der Waals surface area (Å²) in [5, 5.41) is 24.9. The molecule has 0 heterocycles. The number of nitro groups is 2. The van der Waals surface area contributed by atoms with Crippen molar-refractivity contribution in [1.29, 1.82) is 0 Å². The molecule has 0 aromatic heterocycles. The van der Waals surface area contributed by atoms with Crippen molar-refractivity contribution in [1.82, 2.24) is 0 Å². The highest BCUT2D eigenvalue weighted by Gasteiger charge is 2.19. The second-order valence-corrected chi connectivity index (χ2v) is 6.48. The summed E-state index contributed by atoms with van der Waals surface area (Å²) in [4.78, 5) is 20.7. The third-order valence-electron chi connectivity index (χ3n) is 4.29. The summed E-state index contributed by atoms with van der Waals surface area (Å²) >= 11 is 0. The van der Waals surface area contributed by atoms with Crippen LogP contribution in [0.5, 0.6) is 5.75 Å². The average Bonchev–Trinajstić information content (AvgIpc) is 2.68. The Balaban J connectivity index is 1.90. The topological polar surface area (TPSA) is 108 Å². The SMILES string of the molecule is CCCCCCCCOc1ccc(Nc2ccc([N+](=O)[O-])cc2[N+](=O)[O-])cc1. The summed E-state index contributed by atoms with van der Waals surface area (Å²) < 4.78 is 5.71. The normalized spacial score (nSPS) is 10.5. The summed E-state index contributed by atoms with van der Waals surface area (Å²) in [6, 6.07) is 10.6. The standard InChI is InChI=1S/C20H25N3O5/c1-2-3-4-5-6-7-14-28-18-11-8-16(9-12-18)21-19-13-10-17(22(24)25)15-20(19)23(26)27/h8-13,15,21H,2-7,14H2,1H3. The van der Waals surface area contributed by atoms with E-state index in [2.05, 4.69) is 12.2 Å². The maximum absolute atomic E-state index is 11.2. The van der Waals surface area contributed by atoms with Gasteiger partial charge < -0.3 is 10.1 Å². The quantitative estimate of drug-likeness (QED) is 0.272. The van der Waals surface area contributed by atoms with E-state index < -0.39 is 9.85 Å². The van der Waals surface area contributed by atoms with E-state index in [1.54, 1.807) is 24.3 Å². The van der Waals surface area contributed by atoms with Crippen LogP contribution in [-0.2, 0) is 0 Å². The van der Waals surface area contributed by atoms with Crippen molar-refractivity contribution < 1.29 is 14.6 Å². The van der Waals surface area contributed by atoms with Gasteiger partial charge in [-0.25, -0.2) is 0 Å². The van der Waals surface area contributed by atoms with Crippen LogP contribution in [0.25, 0.3) is 0 Å². The zero-order valence-corrected chi connectivity index (χ0v) is 15.9. The van der Waals surface area contributed by atoms with Gasteiger partial charge in [-0.3, -0.25) is 20.2 Å². The zero-order chi connectivity index (χ0) is 20.4. The van der Waals surface area contributed by atoms with E-state index in [1.165, 1.54) is 37.8 Å². The summed E-state index contributed by atoms with van der Waals surface area (Å²) in [7, 11) is 0. The highest BCUT2D eigenvalue weighted by atomic mass is 16.6. The molecular weight excluding hydrogens is 362 g/mol. The number of unbranched alkanes of at least 4 members (excludes halogenated alkanes) is 5. The van der Waals surface area contributed by atoms with Gasteiger partial charge in [-0.05, 0) is 36.8 Å². The van der Waals surface area contributed by atoms with E-state index >= 15 is 0 Å². The number of ether oxygens (including phenoxy) is 1. The average molecular weight is 387 g/mol. The molecule has 0 saturated heterocycles. The Morgan fingerprint density at radius 1 is 0.893 bits per heavy atom. The number of non-ortho nitro benzene ring substituents is 1. The maximum atomic E-state index is 11.2. The number of rotatable bonds is 12. The van der Waals surface area contributed by atoms with Crippen molar-refractivity contribution in [3.8, 4) is 5.75 Å². The van der Waals surface area contributed by atoms with Gasteiger partial charge >= 0.3 is 0 Å². The fourth-order valence-corrected chi connectivity index (χ4v) is 2.75. The Morgan fingerprint density at radius 2 is 1.57 bits per heavy atom. The van der Waals surface area contributed by atoms with Gasteiger partial charge in [0.1, 0.15) is 11.4 Å². The second kappa shape index (κ2) is 10.9. The lowest BCUT2D eigenvalue weighted by atomic mass is 10.1. The van der Waals surface area contributed by atoms with E-state index in [-0.39, 0.29) is 17.1 Å². The first-order chi connectivity index (χ1) is 13.5. The molecule has 0 atom stereocenters. The monoisotopic (exact) mass is 387 g/mol. The number of hydrogen-bond acceptors (Lipinski definition) is 6. The van der Waals surface area contributed by atoms with Gasteiger partial charge in [0.25, 0.3) is 11.4 Å². The number of hydrogen-bond donors (Lipinski definition) is 1. The summed E-state index contributed by atoms with van der Waals surface area (Å²) in [6.45, 7) is 2.86.